The SMILES string of the molecule is CCCn1cc(Br)cc1C(=O)N1CCC(OCC)CC1. The molecule has 0 bridgehead atoms. The van der Waals surface area contributed by atoms with Crippen molar-refractivity contribution < 1.29 is 9.53 Å². The predicted octanol–water partition coefficient (Wildman–Crippen LogP) is 3.30. The second-order valence-corrected chi connectivity index (χ2v) is 6.10. The van der Waals surface area contributed by atoms with Crippen molar-refractivity contribution in [3.05, 3.63) is 22.4 Å². The normalized spacial score (nSPS) is 16.6. The Balaban J connectivity index is 2.01. The van der Waals surface area contributed by atoms with Gasteiger partial charge in [0, 0.05) is 36.9 Å². The van der Waals surface area contributed by atoms with E-state index in [0.29, 0.717) is 6.10 Å². The number of likely N-dealkylation sites (tertiary alicyclic amines) is 1. The standard InChI is InChI=1S/C15H23BrN2O2/c1-3-7-18-11-12(16)10-14(18)15(19)17-8-5-13(6-9-17)20-4-2/h10-11,13H,3-9H2,1-2H3. The number of hydrogen-bond donors (Lipinski definition) is 0. The van der Waals surface area contributed by atoms with Gasteiger partial charge in [-0.15, -0.1) is 0 Å². The van der Waals surface area contributed by atoms with Gasteiger partial charge in [0.25, 0.3) is 5.91 Å². The highest BCUT2D eigenvalue weighted by atomic mass is 79.9. The van der Waals surface area contributed by atoms with Gasteiger partial charge in [-0.25, -0.2) is 0 Å². The number of amides is 1. The first-order chi connectivity index (χ1) is 9.65. The largest absolute Gasteiger partial charge is 0.378 e. The van der Waals surface area contributed by atoms with Crippen molar-refractivity contribution in [2.75, 3.05) is 19.7 Å². The van der Waals surface area contributed by atoms with Crippen LogP contribution < -0.4 is 0 Å². The zero-order chi connectivity index (χ0) is 14.5. The van der Waals surface area contributed by atoms with Crippen molar-refractivity contribution in [2.24, 2.45) is 0 Å². The van der Waals surface area contributed by atoms with Gasteiger partial charge in [-0.3, -0.25) is 4.79 Å². The molecule has 0 aromatic carbocycles. The maximum atomic E-state index is 12.6. The van der Waals surface area contributed by atoms with E-state index < -0.39 is 0 Å². The highest BCUT2D eigenvalue weighted by Gasteiger charge is 2.25. The molecule has 0 radical (unpaired) electrons. The number of halogens is 1. The van der Waals surface area contributed by atoms with E-state index in [-0.39, 0.29) is 5.91 Å². The number of hydrogen-bond acceptors (Lipinski definition) is 2. The Kier molecular flexibility index (Phi) is 5.66. The van der Waals surface area contributed by atoms with Crippen LogP contribution in [0.25, 0.3) is 0 Å². The third-order valence-corrected chi connectivity index (χ3v) is 4.11. The van der Waals surface area contributed by atoms with E-state index in [1.165, 1.54) is 0 Å². The lowest BCUT2D eigenvalue weighted by molar-refractivity contribution is 0.0143. The van der Waals surface area contributed by atoms with E-state index in [9.17, 15) is 4.79 Å². The van der Waals surface area contributed by atoms with Crippen molar-refractivity contribution in [1.82, 2.24) is 9.47 Å². The fourth-order valence-electron chi connectivity index (χ4n) is 2.70. The summed E-state index contributed by atoms with van der Waals surface area (Å²) < 4.78 is 8.65. The fraction of sp³-hybridized carbons (Fsp3) is 0.667. The lowest BCUT2D eigenvalue weighted by atomic mass is 10.1. The van der Waals surface area contributed by atoms with Crippen LogP contribution in [0.2, 0.25) is 0 Å². The van der Waals surface area contributed by atoms with Crippen molar-refractivity contribution in [1.29, 1.82) is 0 Å². The van der Waals surface area contributed by atoms with E-state index in [4.69, 9.17) is 4.74 Å². The third kappa shape index (κ3) is 3.64. The van der Waals surface area contributed by atoms with Crippen LogP contribution in [0.4, 0.5) is 0 Å². The summed E-state index contributed by atoms with van der Waals surface area (Å²) in [5.41, 5.74) is 0.786. The molecule has 1 aromatic rings. The summed E-state index contributed by atoms with van der Waals surface area (Å²) in [6.45, 7) is 7.35. The van der Waals surface area contributed by atoms with Crippen LogP contribution in [-0.2, 0) is 11.3 Å². The van der Waals surface area contributed by atoms with Crippen LogP contribution in [0.5, 0.6) is 0 Å². The van der Waals surface area contributed by atoms with Gasteiger partial charge in [0.1, 0.15) is 5.69 Å². The summed E-state index contributed by atoms with van der Waals surface area (Å²) in [5, 5.41) is 0. The second-order valence-electron chi connectivity index (χ2n) is 5.18. The third-order valence-electron chi connectivity index (χ3n) is 3.68. The Hall–Kier alpha value is -0.810. The van der Waals surface area contributed by atoms with E-state index in [1.807, 2.05) is 28.7 Å². The number of aryl methyl sites for hydroxylation is 1. The molecule has 0 aliphatic carbocycles. The van der Waals surface area contributed by atoms with Crippen molar-refractivity contribution in [3.63, 3.8) is 0 Å². The molecule has 2 heterocycles. The molecule has 1 aliphatic rings. The number of ether oxygens (including phenoxy) is 1. The van der Waals surface area contributed by atoms with Gasteiger partial charge >= 0.3 is 0 Å². The smallest absolute Gasteiger partial charge is 0.270 e. The molecular weight excluding hydrogens is 320 g/mol. The topological polar surface area (TPSA) is 34.5 Å². The first kappa shape index (κ1) is 15.6. The molecule has 1 fully saturated rings. The number of piperidine rings is 1. The molecule has 1 aliphatic heterocycles. The molecule has 5 heteroatoms. The van der Waals surface area contributed by atoms with Gasteiger partial charge in [-0.2, -0.15) is 0 Å². The van der Waals surface area contributed by atoms with Crippen molar-refractivity contribution >= 4 is 21.8 Å². The highest BCUT2D eigenvalue weighted by molar-refractivity contribution is 9.10. The average molecular weight is 343 g/mol. The average Bonchev–Trinajstić information content (AvgIpc) is 2.81. The number of carbonyl (C=O) groups excluding carboxylic acids is 1. The first-order valence-corrected chi connectivity index (χ1v) is 8.21. The van der Waals surface area contributed by atoms with Crippen LogP contribution in [0, 0.1) is 0 Å². The number of carbonyl (C=O) groups is 1. The number of aromatic nitrogens is 1. The molecule has 1 aromatic heterocycles. The van der Waals surface area contributed by atoms with Crippen LogP contribution in [-0.4, -0.2) is 41.2 Å². The van der Waals surface area contributed by atoms with Gasteiger partial charge in [-0.1, -0.05) is 6.92 Å². The Labute approximate surface area is 129 Å². The van der Waals surface area contributed by atoms with E-state index >= 15 is 0 Å². The molecule has 20 heavy (non-hydrogen) atoms. The minimum absolute atomic E-state index is 0.138. The van der Waals surface area contributed by atoms with Gasteiger partial charge in [0.2, 0.25) is 0 Å². The summed E-state index contributed by atoms with van der Waals surface area (Å²) in [6.07, 6.45) is 5.21. The van der Waals surface area contributed by atoms with Gasteiger partial charge in [0.15, 0.2) is 0 Å². The lowest BCUT2D eigenvalue weighted by Gasteiger charge is -2.32. The predicted molar refractivity (Wildman–Crippen MR) is 83.0 cm³/mol. The molecule has 0 N–H and O–H groups in total. The van der Waals surface area contributed by atoms with E-state index in [0.717, 1.165) is 55.7 Å². The monoisotopic (exact) mass is 342 g/mol. The molecule has 1 saturated heterocycles. The van der Waals surface area contributed by atoms with Crippen LogP contribution in [0.1, 0.15) is 43.6 Å². The van der Waals surface area contributed by atoms with Gasteiger partial charge in [0.05, 0.1) is 6.10 Å². The molecule has 2 rings (SSSR count). The molecular formula is C15H23BrN2O2. The van der Waals surface area contributed by atoms with Crippen LogP contribution in [0.15, 0.2) is 16.7 Å². The lowest BCUT2D eigenvalue weighted by Crippen LogP contribution is -2.41. The molecule has 112 valence electrons. The molecule has 4 nitrogen and oxygen atoms in total. The van der Waals surface area contributed by atoms with Gasteiger partial charge < -0.3 is 14.2 Å². The first-order valence-electron chi connectivity index (χ1n) is 7.42. The van der Waals surface area contributed by atoms with Crippen molar-refractivity contribution in [3.8, 4) is 0 Å². The van der Waals surface area contributed by atoms with E-state index in [1.54, 1.807) is 0 Å². The van der Waals surface area contributed by atoms with Crippen LogP contribution >= 0.6 is 15.9 Å². The molecule has 0 saturated carbocycles. The zero-order valence-corrected chi connectivity index (χ0v) is 13.9. The number of rotatable bonds is 5. The maximum Gasteiger partial charge on any atom is 0.270 e. The molecule has 1 amide bonds. The molecule has 0 spiro atoms. The molecule has 0 unspecified atom stereocenters. The quantitative estimate of drug-likeness (QED) is 0.822. The summed E-state index contributed by atoms with van der Waals surface area (Å²) in [7, 11) is 0. The molecule has 0 atom stereocenters. The van der Waals surface area contributed by atoms with Gasteiger partial charge in [-0.05, 0) is 48.2 Å². The fourth-order valence-corrected chi connectivity index (χ4v) is 3.17. The van der Waals surface area contributed by atoms with Crippen LogP contribution in [0.3, 0.4) is 0 Å². The summed E-state index contributed by atoms with van der Waals surface area (Å²) in [5.74, 6) is 0.138. The Bertz CT molecular complexity index is 451. The summed E-state index contributed by atoms with van der Waals surface area (Å²) >= 11 is 3.46. The Morgan fingerprint density at radius 3 is 2.70 bits per heavy atom. The Morgan fingerprint density at radius 2 is 2.10 bits per heavy atom. The Morgan fingerprint density at radius 1 is 1.40 bits per heavy atom. The van der Waals surface area contributed by atoms with E-state index in [2.05, 4.69) is 22.9 Å². The maximum absolute atomic E-state index is 12.6. The highest BCUT2D eigenvalue weighted by Crippen LogP contribution is 2.20. The summed E-state index contributed by atoms with van der Waals surface area (Å²) in [4.78, 5) is 14.6. The zero-order valence-electron chi connectivity index (χ0n) is 12.3. The number of nitrogens with zero attached hydrogens (tertiary/aromatic N) is 2. The second kappa shape index (κ2) is 7.27. The minimum atomic E-state index is 0.138. The minimum Gasteiger partial charge on any atom is -0.378 e. The van der Waals surface area contributed by atoms with Crippen molar-refractivity contribution in [2.45, 2.75) is 45.8 Å². The summed E-state index contributed by atoms with van der Waals surface area (Å²) in [6, 6.07) is 1.92.